The molecule has 1 aliphatic rings. The molecule has 1 rings (SSSR count). The molecule has 0 aromatic carbocycles. The Kier molecular flexibility index (Phi) is 3.09. The van der Waals surface area contributed by atoms with Gasteiger partial charge in [-0.05, 0) is 19.8 Å². The van der Waals surface area contributed by atoms with Crippen LogP contribution in [0, 0.1) is 5.92 Å². The quantitative estimate of drug-likeness (QED) is 0.611. The Balaban J connectivity index is 2.35. The third kappa shape index (κ3) is 2.64. The predicted octanol–water partition coefficient (Wildman–Crippen LogP) is 1.35. The number of allylic oxidation sites excluding steroid dienone is 1. The lowest BCUT2D eigenvalue weighted by Gasteiger charge is -2.27. The van der Waals surface area contributed by atoms with E-state index in [9.17, 15) is 5.11 Å². The molecule has 0 radical (unpaired) electrons. The lowest BCUT2D eigenvalue weighted by molar-refractivity contribution is -0.0349. The normalized spacial score (nSPS) is 31.8. The fourth-order valence-corrected chi connectivity index (χ4v) is 1.43. The monoisotopic (exact) mass is 156 g/mol. The summed E-state index contributed by atoms with van der Waals surface area (Å²) in [5.74, 6) is 0.279. The van der Waals surface area contributed by atoms with Crippen LogP contribution in [0.15, 0.2) is 12.2 Å². The highest BCUT2D eigenvalue weighted by Gasteiger charge is 2.22. The minimum absolute atomic E-state index is 0.180. The minimum atomic E-state index is -0.180. The molecule has 1 fully saturated rings. The van der Waals surface area contributed by atoms with Crippen LogP contribution in [0.5, 0.6) is 0 Å². The molecule has 11 heavy (non-hydrogen) atoms. The number of aliphatic hydroxyl groups excluding tert-OH is 1. The van der Waals surface area contributed by atoms with E-state index in [0.29, 0.717) is 13.2 Å². The summed E-state index contributed by atoms with van der Waals surface area (Å²) in [6, 6.07) is 0. The minimum Gasteiger partial charge on any atom is -0.393 e. The fraction of sp³-hybridized carbons (Fsp3) is 0.778. The molecule has 0 aliphatic carbocycles. The standard InChI is InChI=1S/C9H16O2/c1-7(2)5-8-6-11-4-3-9(8)10/h8-10H,1,3-6H2,2H3. The molecule has 2 heteroatoms. The maximum absolute atomic E-state index is 9.50. The molecule has 1 N–H and O–H groups in total. The van der Waals surface area contributed by atoms with E-state index in [2.05, 4.69) is 6.58 Å². The topological polar surface area (TPSA) is 29.5 Å². The van der Waals surface area contributed by atoms with E-state index >= 15 is 0 Å². The molecular formula is C9H16O2. The molecule has 0 saturated carbocycles. The molecule has 0 aromatic rings. The number of rotatable bonds is 2. The van der Waals surface area contributed by atoms with Gasteiger partial charge in [-0.15, -0.1) is 6.58 Å². The summed E-state index contributed by atoms with van der Waals surface area (Å²) in [6.45, 7) is 7.20. The molecular weight excluding hydrogens is 140 g/mol. The van der Waals surface area contributed by atoms with Crippen molar-refractivity contribution in [3.8, 4) is 0 Å². The van der Waals surface area contributed by atoms with Crippen LogP contribution in [0.3, 0.4) is 0 Å². The molecule has 0 amide bonds. The highest BCUT2D eigenvalue weighted by molar-refractivity contribution is 4.92. The third-order valence-corrected chi connectivity index (χ3v) is 2.04. The Hall–Kier alpha value is -0.340. The molecule has 2 unspecified atom stereocenters. The van der Waals surface area contributed by atoms with Crippen LogP contribution >= 0.6 is 0 Å². The van der Waals surface area contributed by atoms with Gasteiger partial charge >= 0.3 is 0 Å². The molecule has 0 spiro atoms. The summed E-state index contributed by atoms with van der Waals surface area (Å²) in [4.78, 5) is 0. The summed E-state index contributed by atoms with van der Waals surface area (Å²) in [5.41, 5.74) is 1.12. The Morgan fingerprint density at radius 3 is 3.00 bits per heavy atom. The van der Waals surface area contributed by atoms with Crippen molar-refractivity contribution in [2.75, 3.05) is 13.2 Å². The van der Waals surface area contributed by atoms with E-state index < -0.39 is 0 Å². The second-order valence-electron chi connectivity index (χ2n) is 3.35. The van der Waals surface area contributed by atoms with Crippen molar-refractivity contribution < 1.29 is 9.84 Å². The van der Waals surface area contributed by atoms with Crippen molar-refractivity contribution in [2.24, 2.45) is 5.92 Å². The van der Waals surface area contributed by atoms with E-state index in [-0.39, 0.29) is 12.0 Å². The second-order valence-corrected chi connectivity index (χ2v) is 3.35. The number of hydrogen-bond acceptors (Lipinski definition) is 2. The van der Waals surface area contributed by atoms with E-state index in [1.54, 1.807) is 0 Å². The highest BCUT2D eigenvalue weighted by atomic mass is 16.5. The lowest BCUT2D eigenvalue weighted by Crippen LogP contribution is -2.31. The summed E-state index contributed by atoms with van der Waals surface area (Å²) in [6.07, 6.45) is 1.49. The number of hydrogen-bond donors (Lipinski definition) is 1. The third-order valence-electron chi connectivity index (χ3n) is 2.04. The van der Waals surface area contributed by atoms with Crippen LogP contribution in [0.4, 0.5) is 0 Å². The highest BCUT2D eigenvalue weighted by Crippen LogP contribution is 2.20. The summed E-state index contributed by atoms with van der Waals surface area (Å²) in [7, 11) is 0. The Morgan fingerprint density at radius 2 is 2.45 bits per heavy atom. The number of aliphatic hydroxyl groups is 1. The zero-order valence-electron chi connectivity index (χ0n) is 7.05. The van der Waals surface area contributed by atoms with Crippen LogP contribution in [0.1, 0.15) is 19.8 Å². The van der Waals surface area contributed by atoms with Crippen LogP contribution < -0.4 is 0 Å². The van der Waals surface area contributed by atoms with E-state index in [4.69, 9.17) is 4.74 Å². The van der Waals surface area contributed by atoms with E-state index in [1.807, 2.05) is 6.92 Å². The van der Waals surface area contributed by atoms with E-state index in [0.717, 1.165) is 18.4 Å². The largest absolute Gasteiger partial charge is 0.393 e. The van der Waals surface area contributed by atoms with Gasteiger partial charge in [0.05, 0.1) is 12.7 Å². The maximum atomic E-state index is 9.50. The van der Waals surface area contributed by atoms with Gasteiger partial charge in [0.25, 0.3) is 0 Å². The van der Waals surface area contributed by atoms with Gasteiger partial charge in [-0.25, -0.2) is 0 Å². The molecule has 1 heterocycles. The first-order chi connectivity index (χ1) is 5.20. The van der Waals surface area contributed by atoms with Crippen LogP contribution in [0.2, 0.25) is 0 Å². The fourth-order valence-electron chi connectivity index (χ4n) is 1.43. The molecule has 64 valence electrons. The Bertz CT molecular complexity index is 142. The van der Waals surface area contributed by atoms with Crippen molar-refractivity contribution in [1.29, 1.82) is 0 Å². The molecule has 1 aliphatic heterocycles. The molecule has 2 nitrogen and oxygen atoms in total. The first-order valence-corrected chi connectivity index (χ1v) is 4.10. The van der Waals surface area contributed by atoms with Gasteiger partial charge in [0, 0.05) is 12.5 Å². The van der Waals surface area contributed by atoms with Crippen LogP contribution in [-0.4, -0.2) is 24.4 Å². The zero-order valence-corrected chi connectivity index (χ0v) is 7.05. The van der Waals surface area contributed by atoms with Crippen LogP contribution in [-0.2, 0) is 4.74 Å². The smallest absolute Gasteiger partial charge is 0.0615 e. The van der Waals surface area contributed by atoms with Gasteiger partial charge < -0.3 is 9.84 Å². The first kappa shape index (κ1) is 8.75. The summed E-state index contributed by atoms with van der Waals surface area (Å²) >= 11 is 0. The molecule has 2 atom stereocenters. The van der Waals surface area contributed by atoms with Crippen molar-refractivity contribution in [3.05, 3.63) is 12.2 Å². The van der Waals surface area contributed by atoms with Gasteiger partial charge in [-0.3, -0.25) is 0 Å². The summed E-state index contributed by atoms with van der Waals surface area (Å²) < 4.78 is 5.25. The van der Waals surface area contributed by atoms with Crippen LogP contribution in [0.25, 0.3) is 0 Å². The molecule has 1 saturated heterocycles. The predicted molar refractivity (Wildman–Crippen MR) is 44.4 cm³/mol. The molecule has 0 aromatic heterocycles. The van der Waals surface area contributed by atoms with Crippen molar-refractivity contribution in [2.45, 2.75) is 25.9 Å². The Labute approximate surface area is 67.9 Å². The second kappa shape index (κ2) is 3.88. The number of ether oxygens (including phenoxy) is 1. The van der Waals surface area contributed by atoms with Gasteiger partial charge in [0.2, 0.25) is 0 Å². The maximum Gasteiger partial charge on any atom is 0.0615 e. The zero-order chi connectivity index (χ0) is 8.27. The SMILES string of the molecule is C=C(C)CC1COCCC1O. The molecule has 0 bridgehead atoms. The first-order valence-electron chi connectivity index (χ1n) is 4.10. The average Bonchev–Trinajstić information content (AvgIpc) is 1.93. The summed E-state index contributed by atoms with van der Waals surface area (Å²) in [5, 5.41) is 9.50. The van der Waals surface area contributed by atoms with Gasteiger partial charge in [0.15, 0.2) is 0 Å². The average molecular weight is 156 g/mol. The van der Waals surface area contributed by atoms with Crippen molar-refractivity contribution in [3.63, 3.8) is 0 Å². The van der Waals surface area contributed by atoms with E-state index in [1.165, 1.54) is 0 Å². The van der Waals surface area contributed by atoms with Gasteiger partial charge in [0.1, 0.15) is 0 Å². The lowest BCUT2D eigenvalue weighted by atomic mass is 9.92. The van der Waals surface area contributed by atoms with Gasteiger partial charge in [-0.2, -0.15) is 0 Å². The van der Waals surface area contributed by atoms with Crippen molar-refractivity contribution >= 4 is 0 Å². The van der Waals surface area contributed by atoms with Crippen molar-refractivity contribution in [1.82, 2.24) is 0 Å². The van der Waals surface area contributed by atoms with Gasteiger partial charge in [-0.1, -0.05) is 5.57 Å². The Morgan fingerprint density at radius 1 is 1.73 bits per heavy atom.